The highest BCUT2D eigenvalue weighted by molar-refractivity contribution is 5.48. The lowest BCUT2D eigenvalue weighted by Crippen LogP contribution is -2.44. The first-order valence-corrected chi connectivity index (χ1v) is 8.23. The van der Waals surface area contributed by atoms with Crippen LogP contribution < -0.4 is 10.2 Å². The fraction of sp³-hybridized carbons (Fsp3) is 0.368. The molecule has 0 aliphatic carbocycles. The summed E-state index contributed by atoms with van der Waals surface area (Å²) < 4.78 is 13.5. The summed E-state index contributed by atoms with van der Waals surface area (Å²) in [6.07, 6.45) is 0.886. The molecule has 2 aromatic carbocycles. The van der Waals surface area contributed by atoms with Crippen LogP contribution in [0, 0.1) is 5.82 Å². The van der Waals surface area contributed by atoms with Gasteiger partial charge < -0.3 is 15.1 Å². The highest BCUT2D eigenvalue weighted by Crippen LogP contribution is 2.18. The Kier molecular flexibility index (Phi) is 5.13. The van der Waals surface area contributed by atoms with Gasteiger partial charge in [0.2, 0.25) is 0 Å². The maximum absolute atomic E-state index is 13.5. The average Bonchev–Trinajstić information content (AvgIpc) is 2.58. The molecule has 4 heteroatoms. The molecule has 0 saturated carbocycles. The molecule has 0 radical (unpaired) electrons. The third-order valence-electron chi connectivity index (χ3n) is 4.41. The SMILES string of the molecule is CN1CCN(c2ccc(CCNc3ccccc3F)cc2)CC1. The van der Waals surface area contributed by atoms with Crippen LogP contribution in [-0.2, 0) is 6.42 Å². The highest BCUT2D eigenvalue weighted by Gasteiger charge is 2.13. The molecule has 1 N–H and O–H groups in total. The molecule has 0 aromatic heterocycles. The van der Waals surface area contributed by atoms with E-state index < -0.39 is 0 Å². The van der Waals surface area contributed by atoms with Crippen molar-refractivity contribution >= 4 is 11.4 Å². The summed E-state index contributed by atoms with van der Waals surface area (Å²) in [7, 11) is 2.17. The maximum Gasteiger partial charge on any atom is 0.146 e. The first-order valence-electron chi connectivity index (χ1n) is 8.23. The van der Waals surface area contributed by atoms with E-state index in [2.05, 4.69) is 46.4 Å². The van der Waals surface area contributed by atoms with Crippen molar-refractivity contribution in [3.8, 4) is 0 Å². The lowest BCUT2D eigenvalue weighted by Gasteiger charge is -2.34. The van der Waals surface area contributed by atoms with Crippen molar-refractivity contribution in [2.24, 2.45) is 0 Å². The number of likely N-dealkylation sites (N-methyl/N-ethyl adjacent to an activating group) is 1. The maximum atomic E-state index is 13.5. The molecule has 122 valence electrons. The van der Waals surface area contributed by atoms with Crippen LogP contribution in [0.2, 0.25) is 0 Å². The third-order valence-corrected chi connectivity index (χ3v) is 4.41. The molecule has 1 aliphatic rings. The first kappa shape index (κ1) is 15.8. The summed E-state index contributed by atoms with van der Waals surface area (Å²) in [4.78, 5) is 4.79. The van der Waals surface area contributed by atoms with Crippen LogP contribution >= 0.6 is 0 Å². The fourth-order valence-corrected chi connectivity index (χ4v) is 2.88. The van der Waals surface area contributed by atoms with Crippen molar-refractivity contribution in [1.82, 2.24) is 4.90 Å². The van der Waals surface area contributed by atoms with Crippen LogP contribution in [0.1, 0.15) is 5.56 Å². The number of benzene rings is 2. The van der Waals surface area contributed by atoms with Gasteiger partial charge in [0.25, 0.3) is 0 Å². The Morgan fingerprint density at radius 2 is 1.65 bits per heavy atom. The largest absolute Gasteiger partial charge is 0.382 e. The smallest absolute Gasteiger partial charge is 0.146 e. The quantitative estimate of drug-likeness (QED) is 0.914. The lowest BCUT2D eigenvalue weighted by atomic mass is 10.1. The number of rotatable bonds is 5. The second-order valence-electron chi connectivity index (χ2n) is 6.11. The third kappa shape index (κ3) is 4.23. The molecule has 0 unspecified atom stereocenters. The zero-order valence-corrected chi connectivity index (χ0v) is 13.6. The predicted octanol–water partition coefficient (Wildman–Crippen LogP) is 3.23. The molecule has 1 aliphatic heterocycles. The monoisotopic (exact) mass is 313 g/mol. The number of halogens is 1. The number of piperazine rings is 1. The summed E-state index contributed by atoms with van der Waals surface area (Å²) in [6, 6.07) is 15.5. The molecular formula is C19H24FN3. The van der Waals surface area contributed by atoms with E-state index in [9.17, 15) is 4.39 Å². The van der Waals surface area contributed by atoms with Crippen LogP contribution in [0.25, 0.3) is 0 Å². The molecular weight excluding hydrogens is 289 g/mol. The minimum atomic E-state index is -0.196. The van der Waals surface area contributed by atoms with Crippen molar-refractivity contribution in [2.75, 3.05) is 50.0 Å². The van der Waals surface area contributed by atoms with Gasteiger partial charge in [0.1, 0.15) is 5.82 Å². The molecule has 23 heavy (non-hydrogen) atoms. The fourth-order valence-electron chi connectivity index (χ4n) is 2.88. The van der Waals surface area contributed by atoms with Crippen molar-refractivity contribution in [3.05, 3.63) is 59.9 Å². The Balaban J connectivity index is 1.51. The Morgan fingerprint density at radius 3 is 2.35 bits per heavy atom. The van der Waals surface area contributed by atoms with E-state index in [0.717, 1.165) is 39.1 Å². The number of hydrogen-bond acceptors (Lipinski definition) is 3. The first-order chi connectivity index (χ1) is 11.2. The molecule has 2 aromatic rings. The molecule has 3 nitrogen and oxygen atoms in total. The minimum absolute atomic E-state index is 0.196. The van der Waals surface area contributed by atoms with Crippen LogP contribution in [0.5, 0.6) is 0 Å². The Hall–Kier alpha value is -2.07. The normalized spacial score (nSPS) is 15.7. The van der Waals surface area contributed by atoms with Gasteiger partial charge in [-0.2, -0.15) is 0 Å². The van der Waals surface area contributed by atoms with Crippen molar-refractivity contribution < 1.29 is 4.39 Å². The van der Waals surface area contributed by atoms with Crippen molar-refractivity contribution in [3.63, 3.8) is 0 Å². The number of nitrogens with zero attached hydrogens (tertiary/aromatic N) is 2. The number of para-hydroxylation sites is 1. The summed E-state index contributed by atoms with van der Waals surface area (Å²) in [5.74, 6) is -0.196. The molecule has 0 atom stereocenters. The Bertz CT molecular complexity index is 619. The molecule has 1 heterocycles. The van der Waals surface area contributed by atoms with Crippen LogP contribution in [0.15, 0.2) is 48.5 Å². The number of hydrogen-bond donors (Lipinski definition) is 1. The van der Waals surface area contributed by atoms with Crippen molar-refractivity contribution in [1.29, 1.82) is 0 Å². The van der Waals surface area contributed by atoms with Gasteiger partial charge in [-0.3, -0.25) is 0 Å². The van der Waals surface area contributed by atoms with E-state index in [1.54, 1.807) is 12.1 Å². The molecule has 1 fully saturated rings. The zero-order valence-electron chi connectivity index (χ0n) is 13.6. The highest BCUT2D eigenvalue weighted by atomic mass is 19.1. The van der Waals surface area contributed by atoms with Gasteiger partial charge in [-0.1, -0.05) is 24.3 Å². The van der Waals surface area contributed by atoms with Crippen LogP contribution in [0.3, 0.4) is 0 Å². The molecule has 1 saturated heterocycles. The number of anilines is 2. The van der Waals surface area contributed by atoms with Gasteiger partial charge in [0, 0.05) is 38.4 Å². The van der Waals surface area contributed by atoms with E-state index in [1.165, 1.54) is 17.3 Å². The van der Waals surface area contributed by atoms with E-state index >= 15 is 0 Å². The number of nitrogens with one attached hydrogen (secondary N) is 1. The second-order valence-corrected chi connectivity index (χ2v) is 6.11. The average molecular weight is 313 g/mol. The van der Waals surface area contributed by atoms with Gasteiger partial charge in [0.15, 0.2) is 0 Å². The van der Waals surface area contributed by atoms with E-state index in [1.807, 2.05) is 6.07 Å². The van der Waals surface area contributed by atoms with Crippen LogP contribution in [0.4, 0.5) is 15.8 Å². The second kappa shape index (κ2) is 7.47. The van der Waals surface area contributed by atoms with E-state index in [0.29, 0.717) is 5.69 Å². The molecule has 0 bridgehead atoms. The topological polar surface area (TPSA) is 18.5 Å². The summed E-state index contributed by atoms with van der Waals surface area (Å²) in [5.41, 5.74) is 3.14. The molecule has 0 spiro atoms. The lowest BCUT2D eigenvalue weighted by molar-refractivity contribution is 0.313. The Labute approximate surface area is 137 Å². The molecule has 3 rings (SSSR count). The zero-order chi connectivity index (χ0) is 16.1. The van der Waals surface area contributed by atoms with Gasteiger partial charge in [-0.15, -0.1) is 0 Å². The van der Waals surface area contributed by atoms with Gasteiger partial charge in [0.05, 0.1) is 5.69 Å². The predicted molar refractivity (Wildman–Crippen MR) is 94.7 cm³/mol. The van der Waals surface area contributed by atoms with E-state index in [4.69, 9.17) is 0 Å². The standard InChI is InChI=1S/C19H24FN3/c1-22-12-14-23(15-13-22)17-8-6-16(7-9-17)10-11-21-19-5-3-2-4-18(19)20/h2-9,21H,10-15H2,1H3. The summed E-state index contributed by atoms with van der Waals surface area (Å²) in [5, 5.41) is 3.15. The summed E-state index contributed by atoms with van der Waals surface area (Å²) in [6.45, 7) is 5.15. The minimum Gasteiger partial charge on any atom is -0.382 e. The van der Waals surface area contributed by atoms with Gasteiger partial charge in [-0.25, -0.2) is 4.39 Å². The summed E-state index contributed by atoms with van der Waals surface area (Å²) >= 11 is 0. The van der Waals surface area contributed by atoms with Gasteiger partial charge >= 0.3 is 0 Å². The Morgan fingerprint density at radius 1 is 0.957 bits per heavy atom. The van der Waals surface area contributed by atoms with Crippen LogP contribution in [-0.4, -0.2) is 44.7 Å². The van der Waals surface area contributed by atoms with Crippen molar-refractivity contribution in [2.45, 2.75) is 6.42 Å². The van der Waals surface area contributed by atoms with Gasteiger partial charge in [-0.05, 0) is 43.3 Å². The molecule has 0 amide bonds. The van der Waals surface area contributed by atoms with E-state index in [-0.39, 0.29) is 5.82 Å².